The van der Waals surface area contributed by atoms with E-state index in [0.717, 1.165) is 22.5 Å². The molecule has 0 saturated carbocycles. The van der Waals surface area contributed by atoms with Crippen LogP contribution in [0, 0.1) is 13.8 Å². The Balaban J connectivity index is 1.52. The maximum absolute atomic E-state index is 12.7. The van der Waals surface area contributed by atoms with Gasteiger partial charge in [-0.05, 0) is 19.4 Å². The quantitative estimate of drug-likeness (QED) is 0.228. The molecule has 36 heavy (non-hydrogen) atoms. The third-order valence-electron chi connectivity index (χ3n) is 5.28. The van der Waals surface area contributed by atoms with Crippen molar-refractivity contribution in [1.29, 1.82) is 0 Å². The van der Waals surface area contributed by atoms with Gasteiger partial charge in [0.1, 0.15) is 4.88 Å². The summed E-state index contributed by atoms with van der Waals surface area (Å²) in [7, 11) is 3.37. The van der Waals surface area contributed by atoms with E-state index in [1.807, 2.05) is 22.8 Å². The lowest BCUT2D eigenvalue weighted by Gasteiger charge is -2.09. The molecule has 11 heteroatoms. The molecule has 3 heterocycles. The molecule has 0 spiro atoms. The van der Waals surface area contributed by atoms with Crippen molar-refractivity contribution in [3.05, 3.63) is 63.8 Å². The Morgan fingerprint density at radius 2 is 1.94 bits per heavy atom. The van der Waals surface area contributed by atoms with Crippen LogP contribution in [0.4, 0.5) is 5.13 Å². The van der Waals surface area contributed by atoms with Crippen molar-refractivity contribution < 1.29 is 9.59 Å². The molecule has 2 amide bonds. The zero-order valence-corrected chi connectivity index (χ0v) is 22.9. The predicted molar refractivity (Wildman–Crippen MR) is 148 cm³/mol. The van der Waals surface area contributed by atoms with Gasteiger partial charge in [0.15, 0.2) is 16.1 Å². The largest absolute Gasteiger partial charge is 0.344 e. The van der Waals surface area contributed by atoms with E-state index in [-0.39, 0.29) is 17.6 Å². The van der Waals surface area contributed by atoms with Crippen molar-refractivity contribution in [2.24, 2.45) is 0 Å². The van der Waals surface area contributed by atoms with Gasteiger partial charge in [-0.3, -0.25) is 14.2 Å². The minimum Gasteiger partial charge on any atom is -0.344 e. The summed E-state index contributed by atoms with van der Waals surface area (Å²) in [4.78, 5) is 32.5. The second-order valence-electron chi connectivity index (χ2n) is 8.12. The first-order valence-corrected chi connectivity index (χ1v) is 13.8. The molecule has 0 aliphatic carbocycles. The standard InChI is InChI=1S/C25H26N6O2S3/c1-6-12-31-22(18-13-34-16(3)20(18)17-10-8-7-9-11-17)28-29-25(31)35-14-19(32)27-24-26-15(2)21(36-24)23(33)30(4)5/h6-11,13H,1,12,14H2,2-5H3,(H,26,27,32). The normalized spacial score (nSPS) is 10.9. The zero-order chi connectivity index (χ0) is 25.8. The van der Waals surface area contributed by atoms with E-state index >= 15 is 0 Å². The van der Waals surface area contributed by atoms with E-state index in [1.54, 1.807) is 38.4 Å². The minimum absolute atomic E-state index is 0.124. The lowest BCUT2D eigenvalue weighted by atomic mass is 10.0. The van der Waals surface area contributed by atoms with Crippen LogP contribution in [0.5, 0.6) is 0 Å². The Morgan fingerprint density at radius 3 is 2.64 bits per heavy atom. The number of hydrogen-bond acceptors (Lipinski definition) is 8. The Bertz CT molecular complexity index is 1400. The number of anilines is 1. The molecule has 4 rings (SSSR count). The number of allylic oxidation sites excluding steroid dienone is 1. The maximum Gasteiger partial charge on any atom is 0.265 e. The highest BCUT2D eigenvalue weighted by molar-refractivity contribution is 7.99. The molecule has 3 aromatic heterocycles. The van der Waals surface area contributed by atoms with Crippen LogP contribution in [-0.4, -0.2) is 56.3 Å². The number of amides is 2. The molecule has 0 aliphatic rings. The number of thiazole rings is 1. The topological polar surface area (TPSA) is 93.0 Å². The SMILES string of the molecule is C=CCn1c(SCC(=O)Nc2nc(C)c(C(=O)N(C)C)s2)nnc1-c1csc(C)c1-c1ccccc1. The van der Waals surface area contributed by atoms with Crippen molar-refractivity contribution in [1.82, 2.24) is 24.6 Å². The maximum atomic E-state index is 12.7. The molecular formula is C25H26N6O2S3. The summed E-state index contributed by atoms with van der Waals surface area (Å²) in [5.74, 6) is 0.495. The van der Waals surface area contributed by atoms with Crippen molar-refractivity contribution in [3.8, 4) is 22.5 Å². The number of carbonyl (C=O) groups is 2. The molecule has 0 saturated heterocycles. The summed E-state index contributed by atoms with van der Waals surface area (Å²) >= 11 is 4.14. The number of aryl methyl sites for hydroxylation is 2. The predicted octanol–water partition coefficient (Wildman–Crippen LogP) is 5.37. The van der Waals surface area contributed by atoms with E-state index < -0.39 is 0 Å². The Morgan fingerprint density at radius 1 is 1.19 bits per heavy atom. The number of thioether (sulfide) groups is 1. The van der Waals surface area contributed by atoms with Gasteiger partial charge >= 0.3 is 0 Å². The van der Waals surface area contributed by atoms with Crippen molar-refractivity contribution >= 4 is 51.4 Å². The Hall–Kier alpha value is -3.28. The lowest BCUT2D eigenvalue weighted by Crippen LogP contribution is -2.21. The highest BCUT2D eigenvalue weighted by atomic mass is 32.2. The average Bonchev–Trinajstić information content (AvgIpc) is 3.54. The van der Waals surface area contributed by atoms with E-state index in [0.29, 0.717) is 27.4 Å². The second kappa shape index (κ2) is 11.2. The fourth-order valence-electron chi connectivity index (χ4n) is 3.61. The number of hydrogen-bond donors (Lipinski definition) is 1. The molecule has 1 aromatic carbocycles. The first kappa shape index (κ1) is 25.8. The molecule has 0 radical (unpaired) electrons. The number of carbonyl (C=O) groups excluding carboxylic acids is 2. The van der Waals surface area contributed by atoms with E-state index in [1.165, 1.54) is 32.9 Å². The fraction of sp³-hybridized carbons (Fsp3) is 0.240. The van der Waals surface area contributed by atoms with E-state index in [4.69, 9.17) is 0 Å². The monoisotopic (exact) mass is 538 g/mol. The molecule has 186 valence electrons. The van der Waals surface area contributed by atoms with Gasteiger partial charge in [0.2, 0.25) is 5.91 Å². The molecule has 0 unspecified atom stereocenters. The zero-order valence-electron chi connectivity index (χ0n) is 20.4. The van der Waals surface area contributed by atoms with Gasteiger partial charge in [-0.25, -0.2) is 4.98 Å². The minimum atomic E-state index is -0.233. The summed E-state index contributed by atoms with van der Waals surface area (Å²) < 4.78 is 1.97. The lowest BCUT2D eigenvalue weighted by molar-refractivity contribution is -0.113. The number of thiophene rings is 1. The van der Waals surface area contributed by atoms with Crippen LogP contribution in [0.2, 0.25) is 0 Å². The fourth-order valence-corrected chi connectivity index (χ4v) is 6.22. The number of rotatable bonds is 9. The van der Waals surface area contributed by atoms with Gasteiger partial charge in [-0.2, -0.15) is 0 Å². The highest BCUT2D eigenvalue weighted by Gasteiger charge is 2.22. The van der Waals surface area contributed by atoms with Crippen molar-refractivity contribution in [2.45, 2.75) is 25.5 Å². The Kier molecular flexibility index (Phi) is 8.02. The molecular weight excluding hydrogens is 513 g/mol. The van der Waals surface area contributed by atoms with Gasteiger partial charge in [-0.1, -0.05) is 59.5 Å². The summed E-state index contributed by atoms with van der Waals surface area (Å²) in [6.45, 7) is 8.25. The van der Waals surface area contributed by atoms with Gasteiger partial charge in [0, 0.05) is 42.0 Å². The average molecular weight is 539 g/mol. The molecule has 0 bridgehead atoms. The summed E-state index contributed by atoms with van der Waals surface area (Å²) in [5.41, 5.74) is 3.86. The van der Waals surface area contributed by atoms with Crippen molar-refractivity contribution in [3.63, 3.8) is 0 Å². The number of benzene rings is 1. The molecule has 8 nitrogen and oxygen atoms in total. The third-order valence-corrected chi connectivity index (χ3v) is 8.22. The third kappa shape index (κ3) is 5.43. The summed E-state index contributed by atoms with van der Waals surface area (Å²) in [6.07, 6.45) is 1.79. The molecule has 0 atom stereocenters. The molecule has 0 fully saturated rings. The Labute approximate surface area is 222 Å². The number of nitrogens with one attached hydrogen (secondary N) is 1. The van der Waals surface area contributed by atoms with Gasteiger partial charge in [-0.15, -0.1) is 28.1 Å². The van der Waals surface area contributed by atoms with Crippen LogP contribution in [0.25, 0.3) is 22.5 Å². The van der Waals surface area contributed by atoms with E-state index in [9.17, 15) is 9.59 Å². The van der Waals surface area contributed by atoms with Crippen LogP contribution in [0.1, 0.15) is 20.2 Å². The molecule has 0 aliphatic heterocycles. The first-order chi connectivity index (χ1) is 17.3. The van der Waals surface area contributed by atoms with Gasteiger partial charge in [0.25, 0.3) is 5.91 Å². The van der Waals surface area contributed by atoms with Crippen LogP contribution in [0.15, 0.2) is 53.5 Å². The summed E-state index contributed by atoms with van der Waals surface area (Å²) in [6, 6.07) is 10.2. The second-order valence-corrected chi connectivity index (χ2v) is 11.1. The van der Waals surface area contributed by atoms with E-state index in [2.05, 4.69) is 51.5 Å². The number of aromatic nitrogens is 4. The molecule has 1 N–H and O–H groups in total. The molecule has 4 aromatic rings. The number of nitrogens with zero attached hydrogens (tertiary/aromatic N) is 5. The summed E-state index contributed by atoms with van der Waals surface area (Å²) in [5, 5.41) is 14.8. The van der Waals surface area contributed by atoms with Crippen LogP contribution >= 0.6 is 34.4 Å². The first-order valence-electron chi connectivity index (χ1n) is 11.1. The van der Waals surface area contributed by atoms with Crippen LogP contribution < -0.4 is 5.32 Å². The van der Waals surface area contributed by atoms with Crippen LogP contribution in [-0.2, 0) is 11.3 Å². The van der Waals surface area contributed by atoms with Crippen molar-refractivity contribution in [2.75, 3.05) is 25.2 Å². The smallest absolute Gasteiger partial charge is 0.265 e. The van der Waals surface area contributed by atoms with Crippen LogP contribution in [0.3, 0.4) is 0 Å². The highest BCUT2D eigenvalue weighted by Crippen LogP contribution is 2.39. The van der Waals surface area contributed by atoms with Gasteiger partial charge in [0.05, 0.1) is 11.4 Å². The van der Waals surface area contributed by atoms with Gasteiger partial charge < -0.3 is 10.2 Å².